The van der Waals surface area contributed by atoms with E-state index in [2.05, 4.69) is 15.6 Å². The second-order valence-corrected chi connectivity index (χ2v) is 5.14. The number of halogens is 1. The number of benzene rings is 1. The molecule has 0 atom stereocenters. The molecule has 0 saturated carbocycles. The maximum absolute atomic E-state index is 11.8. The van der Waals surface area contributed by atoms with Crippen LogP contribution in [0.1, 0.15) is 16.1 Å². The molecule has 1 aromatic carbocycles. The van der Waals surface area contributed by atoms with Crippen LogP contribution in [0.3, 0.4) is 0 Å². The fourth-order valence-corrected chi connectivity index (χ4v) is 2.26. The van der Waals surface area contributed by atoms with E-state index < -0.39 is 12.0 Å². The van der Waals surface area contributed by atoms with Crippen molar-refractivity contribution in [3.8, 4) is 0 Å². The number of aryl methyl sites for hydroxylation is 1. The normalized spacial score (nSPS) is 10.1. The molecular weight excluding hydrogens is 302 g/mol. The second kappa shape index (κ2) is 5.89. The van der Waals surface area contributed by atoms with Crippen molar-refractivity contribution >= 4 is 45.8 Å². The highest BCUT2D eigenvalue weighted by atomic mass is 35.5. The molecule has 0 aliphatic rings. The highest BCUT2D eigenvalue weighted by Gasteiger charge is 2.11. The smallest absolute Gasteiger partial charge is 0.335 e. The van der Waals surface area contributed by atoms with Crippen LogP contribution < -0.4 is 10.6 Å². The van der Waals surface area contributed by atoms with E-state index in [-0.39, 0.29) is 16.3 Å². The van der Waals surface area contributed by atoms with E-state index in [0.29, 0.717) is 5.13 Å². The molecule has 20 heavy (non-hydrogen) atoms. The van der Waals surface area contributed by atoms with Crippen LogP contribution in [0.4, 0.5) is 15.6 Å². The third-order valence-corrected chi connectivity index (χ3v) is 3.51. The van der Waals surface area contributed by atoms with Crippen molar-refractivity contribution in [1.82, 2.24) is 4.98 Å². The van der Waals surface area contributed by atoms with Gasteiger partial charge in [0, 0.05) is 5.38 Å². The number of nitrogens with zero attached hydrogens (tertiary/aromatic N) is 1. The quantitative estimate of drug-likeness (QED) is 0.809. The van der Waals surface area contributed by atoms with Gasteiger partial charge in [-0.1, -0.05) is 11.6 Å². The van der Waals surface area contributed by atoms with Crippen LogP contribution in [0.2, 0.25) is 5.02 Å². The summed E-state index contributed by atoms with van der Waals surface area (Å²) in [5.74, 6) is -1.10. The van der Waals surface area contributed by atoms with Crippen molar-refractivity contribution < 1.29 is 14.7 Å². The van der Waals surface area contributed by atoms with Crippen LogP contribution in [-0.4, -0.2) is 22.1 Å². The Bertz CT molecular complexity index is 672. The van der Waals surface area contributed by atoms with E-state index in [1.165, 1.54) is 29.5 Å². The van der Waals surface area contributed by atoms with E-state index in [9.17, 15) is 9.59 Å². The molecular formula is C12H10ClN3O3S. The Kier molecular flexibility index (Phi) is 4.21. The number of nitrogens with one attached hydrogen (secondary N) is 2. The number of aromatic carboxylic acids is 1. The molecule has 0 unspecified atom stereocenters. The van der Waals surface area contributed by atoms with Gasteiger partial charge in [-0.3, -0.25) is 5.32 Å². The van der Waals surface area contributed by atoms with Crippen molar-refractivity contribution in [3.63, 3.8) is 0 Å². The molecule has 2 amide bonds. The lowest BCUT2D eigenvalue weighted by Crippen LogP contribution is -2.19. The number of hydrogen-bond donors (Lipinski definition) is 3. The summed E-state index contributed by atoms with van der Waals surface area (Å²) in [7, 11) is 0. The van der Waals surface area contributed by atoms with Gasteiger partial charge < -0.3 is 10.4 Å². The summed E-state index contributed by atoms with van der Waals surface area (Å²) < 4.78 is 0. The number of thiazole rings is 1. The molecule has 0 radical (unpaired) electrons. The highest BCUT2D eigenvalue weighted by Crippen LogP contribution is 2.23. The van der Waals surface area contributed by atoms with Gasteiger partial charge in [-0.25, -0.2) is 14.6 Å². The second-order valence-electron chi connectivity index (χ2n) is 3.87. The molecule has 2 rings (SSSR count). The van der Waals surface area contributed by atoms with Crippen LogP contribution in [0.15, 0.2) is 23.6 Å². The molecule has 0 aliphatic carbocycles. The Morgan fingerprint density at radius 2 is 2.10 bits per heavy atom. The molecule has 0 fully saturated rings. The standard InChI is InChI=1S/C12H10ClN3O3S/c1-6-5-20-12(14-6)16-11(19)15-9-4-7(10(17)18)2-3-8(9)13/h2-5H,1H3,(H,17,18)(H2,14,15,16,19). The minimum absolute atomic E-state index is 0.0368. The third-order valence-electron chi connectivity index (χ3n) is 2.30. The maximum atomic E-state index is 11.8. The monoisotopic (exact) mass is 311 g/mol. The average molecular weight is 312 g/mol. The fourth-order valence-electron chi connectivity index (χ4n) is 1.42. The summed E-state index contributed by atoms with van der Waals surface area (Å²) in [5.41, 5.74) is 1.06. The van der Waals surface area contributed by atoms with Crippen LogP contribution >= 0.6 is 22.9 Å². The number of urea groups is 1. The summed E-state index contributed by atoms with van der Waals surface area (Å²) in [5, 5.41) is 16.4. The summed E-state index contributed by atoms with van der Waals surface area (Å²) in [6, 6.07) is 3.52. The van der Waals surface area contributed by atoms with Gasteiger partial charge in [0.25, 0.3) is 0 Å². The summed E-state index contributed by atoms with van der Waals surface area (Å²) in [6.45, 7) is 1.81. The molecule has 1 aromatic heterocycles. The van der Waals surface area contributed by atoms with E-state index in [1.807, 2.05) is 6.92 Å². The predicted octanol–water partition coefficient (Wildman–Crippen LogP) is 3.45. The lowest BCUT2D eigenvalue weighted by atomic mass is 10.2. The van der Waals surface area contributed by atoms with Gasteiger partial charge in [0.2, 0.25) is 0 Å². The first-order valence-corrected chi connectivity index (χ1v) is 6.74. The number of carbonyl (C=O) groups excluding carboxylic acids is 1. The minimum Gasteiger partial charge on any atom is -0.478 e. The van der Waals surface area contributed by atoms with Gasteiger partial charge >= 0.3 is 12.0 Å². The molecule has 0 spiro atoms. The molecule has 3 N–H and O–H groups in total. The summed E-state index contributed by atoms with van der Waals surface area (Å²) in [4.78, 5) is 26.7. The van der Waals surface area contributed by atoms with E-state index >= 15 is 0 Å². The third kappa shape index (κ3) is 3.46. The molecule has 0 bridgehead atoms. The van der Waals surface area contributed by atoms with Gasteiger partial charge in [0.05, 0.1) is 22.0 Å². The zero-order chi connectivity index (χ0) is 14.7. The largest absolute Gasteiger partial charge is 0.478 e. The van der Waals surface area contributed by atoms with Crippen molar-refractivity contribution in [2.75, 3.05) is 10.6 Å². The van der Waals surface area contributed by atoms with Crippen molar-refractivity contribution in [2.24, 2.45) is 0 Å². The van der Waals surface area contributed by atoms with Crippen molar-refractivity contribution in [1.29, 1.82) is 0 Å². The Morgan fingerprint density at radius 3 is 2.70 bits per heavy atom. The molecule has 0 aliphatic heterocycles. The van der Waals surface area contributed by atoms with Gasteiger partial charge in [0.1, 0.15) is 0 Å². The maximum Gasteiger partial charge on any atom is 0.335 e. The van der Waals surface area contributed by atoms with Crippen LogP contribution in [0.25, 0.3) is 0 Å². The van der Waals surface area contributed by atoms with E-state index in [1.54, 1.807) is 5.38 Å². The lowest BCUT2D eigenvalue weighted by molar-refractivity contribution is 0.0697. The van der Waals surface area contributed by atoms with E-state index in [0.717, 1.165) is 5.69 Å². The number of rotatable bonds is 3. The first kappa shape index (κ1) is 14.3. The molecule has 104 valence electrons. The van der Waals surface area contributed by atoms with Gasteiger partial charge in [-0.05, 0) is 25.1 Å². The molecule has 2 aromatic rings. The average Bonchev–Trinajstić information content (AvgIpc) is 2.77. The number of aromatic nitrogens is 1. The number of amides is 2. The number of hydrogen-bond acceptors (Lipinski definition) is 4. The van der Waals surface area contributed by atoms with Gasteiger partial charge in [-0.15, -0.1) is 11.3 Å². The van der Waals surface area contributed by atoms with Gasteiger partial charge in [-0.2, -0.15) is 0 Å². The number of carboxylic acid groups (broad SMARTS) is 1. The number of anilines is 2. The van der Waals surface area contributed by atoms with Crippen LogP contribution in [0, 0.1) is 6.92 Å². The summed E-state index contributed by atoms with van der Waals surface area (Å²) in [6.07, 6.45) is 0. The Balaban J connectivity index is 2.11. The number of carboxylic acids is 1. The van der Waals surface area contributed by atoms with Crippen LogP contribution in [-0.2, 0) is 0 Å². The predicted molar refractivity (Wildman–Crippen MR) is 77.9 cm³/mol. The Labute approximate surface area is 123 Å². The fraction of sp³-hybridized carbons (Fsp3) is 0.0833. The SMILES string of the molecule is Cc1csc(NC(=O)Nc2cc(C(=O)O)ccc2Cl)n1. The first-order chi connectivity index (χ1) is 9.45. The summed E-state index contributed by atoms with van der Waals surface area (Å²) >= 11 is 7.19. The van der Waals surface area contributed by atoms with Gasteiger partial charge in [0.15, 0.2) is 5.13 Å². The minimum atomic E-state index is -1.10. The first-order valence-electron chi connectivity index (χ1n) is 5.48. The Hall–Kier alpha value is -2.12. The molecule has 1 heterocycles. The van der Waals surface area contributed by atoms with Crippen molar-refractivity contribution in [3.05, 3.63) is 39.9 Å². The van der Waals surface area contributed by atoms with Crippen LogP contribution in [0.5, 0.6) is 0 Å². The molecule has 6 nitrogen and oxygen atoms in total. The number of carbonyl (C=O) groups is 2. The zero-order valence-corrected chi connectivity index (χ0v) is 11.9. The lowest BCUT2D eigenvalue weighted by Gasteiger charge is -2.08. The van der Waals surface area contributed by atoms with Crippen molar-refractivity contribution in [2.45, 2.75) is 6.92 Å². The Morgan fingerprint density at radius 1 is 1.35 bits per heavy atom. The molecule has 0 saturated heterocycles. The van der Waals surface area contributed by atoms with E-state index in [4.69, 9.17) is 16.7 Å². The topological polar surface area (TPSA) is 91.3 Å². The molecule has 8 heteroatoms. The zero-order valence-electron chi connectivity index (χ0n) is 10.3. The highest BCUT2D eigenvalue weighted by molar-refractivity contribution is 7.13.